The molecule has 2 aromatic carbocycles. The van der Waals surface area contributed by atoms with E-state index >= 15 is 0 Å². The van der Waals surface area contributed by atoms with Gasteiger partial charge in [0.25, 0.3) is 0 Å². The number of ketones is 1. The molecule has 0 saturated carbocycles. The van der Waals surface area contributed by atoms with Crippen LogP contribution in [0.4, 0.5) is 5.69 Å². The minimum Gasteiger partial charge on any atom is -0.387 e. The van der Waals surface area contributed by atoms with Crippen molar-refractivity contribution < 1.29 is 9.90 Å². The molecule has 3 nitrogen and oxygen atoms in total. The molecule has 22 heavy (non-hydrogen) atoms. The van der Waals surface area contributed by atoms with Gasteiger partial charge < -0.3 is 10.0 Å². The van der Waals surface area contributed by atoms with Gasteiger partial charge in [-0.15, -0.1) is 0 Å². The first-order valence-electron chi connectivity index (χ1n) is 7.39. The van der Waals surface area contributed by atoms with E-state index in [0.29, 0.717) is 5.56 Å². The zero-order chi connectivity index (χ0) is 16.3. The van der Waals surface area contributed by atoms with Gasteiger partial charge in [-0.3, -0.25) is 4.79 Å². The lowest BCUT2D eigenvalue weighted by atomic mass is 9.76. The number of hydrogen-bond donors (Lipinski definition) is 1. The van der Waals surface area contributed by atoms with Crippen molar-refractivity contribution in [1.29, 1.82) is 0 Å². The third kappa shape index (κ3) is 3.20. The van der Waals surface area contributed by atoms with E-state index in [9.17, 15) is 9.90 Å². The van der Waals surface area contributed by atoms with Gasteiger partial charge in [0.2, 0.25) is 0 Å². The average Bonchev–Trinajstić information content (AvgIpc) is 2.54. The highest BCUT2D eigenvalue weighted by atomic mass is 16.3. The van der Waals surface area contributed by atoms with Crippen LogP contribution in [0, 0.1) is 5.41 Å². The van der Waals surface area contributed by atoms with Crippen LogP contribution in [0.2, 0.25) is 0 Å². The van der Waals surface area contributed by atoms with Crippen molar-refractivity contribution in [2.24, 2.45) is 5.41 Å². The molecule has 0 aromatic heterocycles. The molecule has 0 aliphatic carbocycles. The highest BCUT2D eigenvalue weighted by Crippen LogP contribution is 2.36. The third-order valence-electron chi connectivity index (χ3n) is 4.03. The summed E-state index contributed by atoms with van der Waals surface area (Å²) in [5.74, 6) is -0.0581. The molecule has 0 aliphatic heterocycles. The second-order valence-corrected chi connectivity index (χ2v) is 6.31. The quantitative estimate of drug-likeness (QED) is 0.856. The number of aliphatic hydroxyl groups excluding tert-OH is 1. The summed E-state index contributed by atoms with van der Waals surface area (Å²) in [4.78, 5) is 14.7. The zero-order valence-electron chi connectivity index (χ0n) is 13.6. The molecule has 1 N–H and O–H groups in total. The lowest BCUT2D eigenvalue weighted by molar-refractivity contribution is 0.0389. The Morgan fingerprint density at radius 1 is 1.00 bits per heavy atom. The van der Waals surface area contributed by atoms with Crippen LogP contribution in [-0.4, -0.2) is 25.0 Å². The van der Waals surface area contributed by atoms with Gasteiger partial charge in [0.15, 0.2) is 5.78 Å². The summed E-state index contributed by atoms with van der Waals surface area (Å²) >= 11 is 0. The van der Waals surface area contributed by atoms with Crippen LogP contribution >= 0.6 is 0 Å². The second kappa shape index (κ2) is 6.32. The fourth-order valence-corrected chi connectivity index (χ4v) is 2.46. The monoisotopic (exact) mass is 297 g/mol. The first-order valence-corrected chi connectivity index (χ1v) is 7.39. The van der Waals surface area contributed by atoms with Crippen LogP contribution in [0.5, 0.6) is 0 Å². The summed E-state index contributed by atoms with van der Waals surface area (Å²) in [7, 11) is 3.93. The molecule has 1 unspecified atom stereocenters. The normalized spacial score (nSPS) is 12.8. The molecule has 2 aromatic rings. The van der Waals surface area contributed by atoms with Crippen molar-refractivity contribution in [3.05, 3.63) is 65.7 Å². The molecule has 0 saturated heterocycles. The number of benzene rings is 2. The Morgan fingerprint density at radius 2 is 1.55 bits per heavy atom. The molecule has 0 heterocycles. The van der Waals surface area contributed by atoms with Gasteiger partial charge in [-0.1, -0.05) is 42.5 Å². The zero-order valence-corrected chi connectivity index (χ0v) is 13.6. The van der Waals surface area contributed by atoms with E-state index in [1.54, 1.807) is 26.0 Å². The Kier molecular flexibility index (Phi) is 4.67. The van der Waals surface area contributed by atoms with Crippen LogP contribution < -0.4 is 4.90 Å². The van der Waals surface area contributed by atoms with Gasteiger partial charge in [0.05, 0.1) is 11.5 Å². The van der Waals surface area contributed by atoms with E-state index < -0.39 is 11.5 Å². The van der Waals surface area contributed by atoms with E-state index in [4.69, 9.17) is 0 Å². The van der Waals surface area contributed by atoms with Crippen LogP contribution in [-0.2, 0) is 0 Å². The SMILES string of the molecule is CN(C)c1ccc(C(O)C(C)(C)C(=O)c2ccccc2)cc1. The van der Waals surface area contributed by atoms with Crippen molar-refractivity contribution in [3.63, 3.8) is 0 Å². The maximum Gasteiger partial charge on any atom is 0.171 e. The summed E-state index contributed by atoms with van der Waals surface area (Å²) in [6.45, 7) is 3.57. The average molecular weight is 297 g/mol. The second-order valence-electron chi connectivity index (χ2n) is 6.31. The Morgan fingerprint density at radius 3 is 2.05 bits per heavy atom. The summed E-state index contributed by atoms with van der Waals surface area (Å²) in [6, 6.07) is 16.8. The molecule has 0 radical (unpaired) electrons. The van der Waals surface area contributed by atoms with Gasteiger partial charge in [0, 0.05) is 25.3 Å². The Hall–Kier alpha value is -2.13. The molecule has 0 amide bonds. The van der Waals surface area contributed by atoms with Gasteiger partial charge in [-0.05, 0) is 31.5 Å². The molecular weight excluding hydrogens is 274 g/mol. The molecule has 0 fully saturated rings. The van der Waals surface area contributed by atoms with E-state index in [0.717, 1.165) is 11.3 Å². The number of rotatable bonds is 5. The predicted molar refractivity (Wildman–Crippen MR) is 90.3 cm³/mol. The van der Waals surface area contributed by atoms with Crippen molar-refractivity contribution >= 4 is 11.5 Å². The van der Waals surface area contributed by atoms with Crippen LogP contribution in [0.25, 0.3) is 0 Å². The van der Waals surface area contributed by atoms with Crippen molar-refractivity contribution in [3.8, 4) is 0 Å². The standard InChI is InChI=1S/C19H23NO2/c1-19(2,17(21)14-8-6-5-7-9-14)18(22)15-10-12-16(13-11-15)20(3)4/h5-13,18,22H,1-4H3. The number of carbonyl (C=O) groups is 1. The van der Waals surface area contributed by atoms with Crippen LogP contribution in [0.3, 0.4) is 0 Å². The van der Waals surface area contributed by atoms with Gasteiger partial charge in [-0.25, -0.2) is 0 Å². The number of nitrogens with zero attached hydrogens (tertiary/aromatic N) is 1. The Labute approximate surface area is 132 Å². The minimum absolute atomic E-state index is 0.0581. The van der Waals surface area contributed by atoms with E-state index in [1.807, 2.05) is 61.5 Å². The lowest BCUT2D eigenvalue weighted by Crippen LogP contribution is -2.31. The van der Waals surface area contributed by atoms with E-state index in [-0.39, 0.29) is 5.78 Å². The summed E-state index contributed by atoms with van der Waals surface area (Å²) in [5.41, 5.74) is 1.54. The molecule has 3 heteroatoms. The molecule has 0 aliphatic rings. The lowest BCUT2D eigenvalue weighted by Gasteiger charge is -2.29. The Bertz CT molecular complexity index is 630. The molecule has 1 atom stereocenters. The van der Waals surface area contributed by atoms with Gasteiger partial charge in [-0.2, -0.15) is 0 Å². The highest BCUT2D eigenvalue weighted by Gasteiger charge is 2.37. The minimum atomic E-state index is -0.888. The summed E-state index contributed by atoms with van der Waals surface area (Å²) in [6.07, 6.45) is -0.851. The number of aliphatic hydroxyl groups is 1. The van der Waals surface area contributed by atoms with Crippen molar-refractivity contribution in [2.75, 3.05) is 19.0 Å². The number of carbonyl (C=O) groups excluding carboxylic acids is 1. The molecule has 2 rings (SSSR count). The van der Waals surface area contributed by atoms with Crippen molar-refractivity contribution in [2.45, 2.75) is 20.0 Å². The number of hydrogen-bond acceptors (Lipinski definition) is 3. The maximum atomic E-state index is 12.7. The van der Waals surface area contributed by atoms with E-state index in [1.165, 1.54) is 0 Å². The molecule has 0 spiro atoms. The first kappa shape index (κ1) is 16.2. The molecular formula is C19H23NO2. The largest absolute Gasteiger partial charge is 0.387 e. The van der Waals surface area contributed by atoms with Crippen LogP contribution in [0.1, 0.15) is 35.9 Å². The van der Waals surface area contributed by atoms with Crippen LogP contribution in [0.15, 0.2) is 54.6 Å². The fourth-order valence-electron chi connectivity index (χ4n) is 2.46. The predicted octanol–water partition coefficient (Wildman–Crippen LogP) is 3.70. The van der Waals surface area contributed by atoms with E-state index in [2.05, 4.69) is 0 Å². The van der Waals surface area contributed by atoms with Gasteiger partial charge in [0.1, 0.15) is 0 Å². The molecule has 116 valence electrons. The smallest absolute Gasteiger partial charge is 0.171 e. The van der Waals surface area contributed by atoms with Crippen molar-refractivity contribution in [1.82, 2.24) is 0 Å². The fraction of sp³-hybridized carbons (Fsp3) is 0.316. The summed E-state index contributed by atoms with van der Waals surface area (Å²) in [5, 5.41) is 10.7. The summed E-state index contributed by atoms with van der Waals surface area (Å²) < 4.78 is 0. The molecule has 0 bridgehead atoms. The third-order valence-corrected chi connectivity index (χ3v) is 4.03. The number of Topliss-reactive ketones (excluding diaryl/α,β-unsaturated/α-hetero) is 1. The Balaban J connectivity index is 2.26. The first-order chi connectivity index (χ1) is 10.3. The topological polar surface area (TPSA) is 40.5 Å². The maximum absolute atomic E-state index is 12.7. The number of anilines is 1. The van der Waals surface area contributed by atoms with Gasteiger partial charge >= 0.3 is 0 Å². The highest BCUT2D eigenvalue weighted by molar-refractivity contribution is 6.00.